The molecule has 0 aromatic heterocycles. The van der Waals surface area contributed by atoms with Crippen LogP contribution in [-0.4, -0.2) is 22.2 Å². The minimum absolute atomic E-state index is 0.166. The van der Waals surface area contributed by atoms with Crippen LogP contribution >= 0.6 is 0 Å². The van der Waals surface area contributed by atoms with E-state index in [1.165, 1.54) is 0 Å². The third-order valence-corrected chi connectivity index (χ3v) is 5.27. The fraction of sp³-hybridized carbons (Fsp3) is 0.391. The molecule has 0 aliphatic heterocycles. The smallest absolute Gasteiger partial charge is 0.318 e. The van der Waals surface area contributed by atoms with Gasteiger partial charge < -0.3 is 10.2 Å². The van der Waals surface area contributed by atoms with E-state index in [1.807, 2.05) is 62.4 Å². The van der Waals surface area contributed by atoms with Crippen LogP contribution in [0, 0.1) is 13.8 Å². The normalized spacial score (nSPS) is 11.3. The first-order chi connectivity index (χ1) is 12.9. The molecule has 0 saturated carbocycles. The number of carboxylic acid groups (broad SMARTS) is 2. The van der Waals surface area contributed by atoms with Crippen molar-refractivity contribution in [2.45, 2.75) is 57.8 Å². The summed E-state index contributed by atoms with van der Waals surface area (Å²) >= 11 is 0. The Bertz CT molecular complexity index is 749. The van der Waals surface area contributed by atoms with Crippen molar-refractivity contribution in [2.24, 2.45) is 0 Å². The molecule has 0 radical (unpaired) electrons. The third kappa shape index (κ3) is 4.76. The fourth-order valence-corrected chi connectivity index (χ4v) is 3.88. The van der Waals surface area contributed by atoms with Gasteiger partial charge in [0, 0.05) is 6.42 Å². The number of unbranched alkanes of at least 4 members (excludes halogenated alkanes) is 3. The number of hydrogen-bond donors (Lipinski definition) is 2. The summed E-state index contributed by atoms with van der Waals surface area (Å²) in [5, 5.41) is 19.1. The molecule has 144 valence electrons. The minimum atomic E-state index is -1.09. The van der Waals surface area contributed by atoms with Gasteiger partial charge in [-0.2, -0.15) is 0 Å². The molecule has 2 aromatic rings. The van der Waals surface area contributed by atoms with Crippen LogP contribution in [0.5, 0.6) is 0 Å². The Labute approximate surface area is 160 Å². The highest BCUT2D eigenvalue weighted by Gasteiger charge is 2.43. The van der Waals surface area contributed by atoms with E-state index in [0.29, 0.717) is 12.8 Å². The molecule has 2 N–H and O–H groups in total. The van der Waals surface area contributed by atoms with Crippen molar-refractivity contribution < 1.29 is 19.8 Å². The van der Waals surface area contributed by atoms with Crippen molar-refractivity contribution in [1.82, 2.24) is 0 Å². The van der Waals surface area contributed by atoms with Crippen LogP contribution in [-0.2, 0) is 15.0 Å². The zero-order chi connectivity index (χ0) is 19.9. The zero-order valence-electron chi connectivity index (χ0n) is 16.1. The SMILES string of the molecule is Cc1ccccc1C(CCCCCCC(=O)O)(C(=O)O)c1ccccc1C. The summed E-state index contributed by atoms with van der Waals surface area (Å²) in [6.07, 6.45) is 3.63. The first-order valence-electron chi connectivity index (χ1n) is 9.47. The summed E-state index contributed by atoms with van der Waals surface area (Å²) in [5.74, 6) is -1.62. The highest BCUT2D eigenvalue weighted by Crippen LogP contribution is 2.41. The van der Waals surface area contributed by atoms with Crippen molar-refractivity contribution in [3.63, 3.8) is 0 Å². The molecular weight excluding hydrogens is 340 g/mol. The van der Waals surface area contributed by atoms with Gasteiger partial charge in [-0.05, 0) is 48.9 Å². The summed E-state index contributed by atoms with van der Waals surface area (Å²) in [4.78, 5) is 23.3. The van der Waals surface area contributed by atoms with Gasteiger partial charge in [0.25, 0.3) is 0 Å². The maximum atomic E-state index is 12.7. The fourth-order valence-electron chi connectivity index (χ4n) is 3.88. The number of aryl methyl sites for hydroxylation is 2. The molecule has 0 aliphatic rings. The van der Waals surface area contributed by atoms with Crippen molar-refractivity contribution in [3.8, 4) is 0 Å². The van der Waals surface area contributed by atoms with Gasteiger partial charge in [-0.1, -0.05) is 67.8 Å². The Morgan fingerprint density at radius 3 is 1.70 bits per heavy atom. The Hall–Kier alpha value is -2.62. The first-order valence-corrected chi connectivity index (χ1v) is 9.47. The topological polar surface area (TPSA) is 74.6 Å². The monoisotopic (exact) mass is 368 g/mol. The van der Waals surface area contributed by atoms with Crippen LogP contribution in [0.4, 0.5) is 0 Å². The van der Waals surface area contributed by atoms with E-state index in [9.17, 15) is 14.7 Å². The Kier molecular flexibility index (Phi) is 7.17. The minimum Gasteiger partial charge on any atom is -0.481 e. The molecule has 27 heavy (non-hydrogen) atoms. The van der Waals surface area contributed by atoms with Crippen LogP contribution in [0.25, 0.3) is 0 Å². The Morgan fingerprint density at radius 1 is 0.778 bits per heavy atom. The number of carboxylic acids is 2. The quantitative estimate of drug-likeness (QED) is 0.572. The van der Waals surface area contributed by atoms with E-state index in [1.54, 1.807) is 0 Å². The highest BCUT2D eigenvalue weighted by molar-refractivity contribution is 5.87. The molecule has 0 heterocycles. The molecular formula is C23H28O4. The standard InChI is InChI=1S/C23H28O4/c1-17-11-6-8-13-19(17)23(22(26)27,20-14-9-7-12-18(20)2)16-10-4-3-5-15-21(24)25/h6-9,11-14H,3-5,10,15-16H2,1-2H3,(H,24,25)(H,26,27). The van der Waals surface area contributed by atoms with E-state index in [0.717, 1.165) is 41.5 Å². The van der Waals surface area contributed by atoms with Gasteiger partial charge in [0.2, 0.25) is 0 Å². The van der Waals surface area contributed by atoms with E-state index < -0.39 is 17.4 Å². The number of aliphatic carboxylic acids is 2. The lowest BCUT2D eigenvalue weighted by Gasteiger charge is -2.33. The van der Waals surface area contributed by atoms with Gasteiger partial charge in [-0.3, -0.25) is 9.59 Å². The van der Waals surface area contributed by atoms with Gasteiger partial charge in [-0.25, -0.2) is 0 Å². The maximum absolute atomic E-state index is 12.7. The lowest BCUT2D eigenvalue weighted by molar-refractivity contribution is -0.142. The zero-order valence-corrected chi connectivity index (χ0v) is 16.1. The van der Waals surface area contributed by atoms with Crippen LogP contribution < -0.4 is 0 Å². The van der Waals surface area contributed by atoms with Crippen molar-refractivity contribution in [1.29, 1.82) is 0 Å². The van der Waals surface area contributed by atoms with Crippen molar-refractivity contribution in [2.75, 3.05) is 0 Å². The third-order valence-electron chi connectivity index (χ3n) is 5.27. The van der Waals surface area contributed by atoms with Crippen LogP contribution in [0.3, 0.4) is 0 Å². The summed E-state index contributed by atoms with van der Waals surface area (Å²) < 4.78 is 0. The summed E-state index contributed by atoms with van der Waals surface area (Å²) in [5.41, 5.74) is 2.50. The molecule has 0 aliphatic carbocycles. The number of rotatable bonds is 10. The molecule has 4 nitrogen and oxygen atoms in total. The van der Waals surface area contributed by atoms with E-state index in [4.69, 9.17) is 5.11 Å². The van der Waals surface area contributed by atoms with Gasteiger partial charge in [-0.15, -0.1) is 0 Å². The second-order valence-corrected chi connectivity index (χ2v) is 7.15. The first kappa shape index (κ1) is 20.7. The number of benzene rings is 2. The highest BCUT2D eigenvalue weighted by atomic mass is 16.4. The van der Waals surface area contributed by atoms with Crippen LogP contribution in [0.1, 0.15) is 60.8 Å². The molecule has 0 amide bonds. The molecule has 0 saturated heterocycles. The van der Waals surface area contributed by atoms with Gasteiger partial charge in [0.1, 0.15) is 5.41 Å². The lowest BCUT2D eigenvalue weighted by atomic mass is 9.68. The number of hydrogen-bond acceptors (Lipinski definition) is 2. The van der Waals surface area contributed by atoms with Crippen molar-refractivity contribution >= 4 is 11.9 Å². The summed E-state index contributed by atoms with van der Waals surface area (Å²) in [6.45, 7) is 3.91. The Morgan fingerprint density at radius 2 is 1.26 bits per heavy atom. The molecule has 4 heteroatoms. The lowest BCUT2D eigenvalue weighted by Crippen LogP contribution is -2.38. The molecule has 0 fully saturated rings. The molecule has 0 bridgehead atoms. The average Bonchev–Trinajstić information content (AvgIpc) is 2.62. The second-order valence-electron chi connectivity index (χ2n) is 7.15. The summed E-state index contributed by atoms with van der Waals surface area (Å²) in [7, 11) is 0. The predicted molar refractivity (Wildman–Crippen MR) is 106 cm³/mol. The van der Waals surface area contributed by atoms with E-state index >= 15 is 0 Å². The maximum Gasteiger partial charge on any atom is 0.318 e. The van der Waals surface area contributed by atoms with Crippen molar-refractivity contribution in [3.05, 3.63) is 70.8 Å². The molecule has 0 spiro atoms. The second kappa shape index (κ2) is 9.36. The average molecular weight is 368 g/mol. The molecule has 2 rings (SSSR count). The van der Waals surface area contributed by atoms with Crippen LogP contribution in [0.15, 0.2) is 48.5 Å². The molecule has 2 aromatic carbocycles. The van der Waals surface area contributed by atoms with E-state index in [-0.39, 0.29) is 6.42 Å². The molecule has 0 atom stereocenters. The van der Waals surface area contributed by atoms with Gasteiger partial charge in [0.15, 0.2) is 0 Å². The largest absolute Gasteiger partial charge is 0.481 e. The van der Waals surface area contributed by atoms with Gasteiger partial charge >= 0.3 is 11.9 Å². The number of carbonyl (C=O) groups is 2. The van der Waals surface area contributed by atoms with Gasteiger partial charge in [0.05, 0.1) is 0 Å². The summed E-state index contributed by atoms with van der Waals surface area (Å²) in [6, 6.07) is 15.4. The predicted octanol–water partition coefficient (Wildman–Crippen LogP) is 5.10. The van der Waals surface area contributed by atoms with E-state index in [2.05, 4.69) is 0 Å². The Balaban J connectivity index is 2.36. The van der Waals surface area contributed by atoms with Crippen LogP contribution in [0.2, 0.25) is 0 Å². The molecule has 0 unspecified atom stereocenters.